The van der Waals surface area contributed by atoms with E-state index < -0.39 is 0 Å². The Morgan fingerprint density at radius 2 is 1.95 bits per heavy atom. The second-order valence-corrected chi connectivity index (χ2v) is 6.84. The standard InChI is InChI=1S/C18H29FN2/c1-13-9-14(2)12-21(11-13)8-7-18(20-4)16-6-5-15(3)17(19)10-16/h5-6,10,13-14,18,20H,7-9,11-12H2,1-4H3. The zero-order chi connectivity index (χ0) is 15.4. The molecule has 3 atom stereocenters. The summed E-state index contributed by atoms with van der Waals surface area (Å²) in [6, 6.07) is 5.83. The molecule has 118 valence electrons. The quantitative estimate of drug-likeness (QED) is 0.889. The molecule has 2 rings (SSSR count). The Balaban J connectivity index is 1.94. The molecule has 0 amide bonds. The van der Waals surface area contributed by atoms with Gasteiger partial charge in [-0.25, -0.2) is 4.39 Å². The van der Waals surface area contributed by atoms with Gasteiger partial charge in [-0.1, -0.05) is 26.0 Å². The van der Waals surface area contributed by atoms with Crippen molar-refractivity contribution in [3.8, 4) is 0 Å². The van der Waals surface area contributed by atoms with E-state index in [2.05, 4.69) is 24.1 Å². The highest BCUT2D eigenvalue weighted by molar-refractivity contribution is 5.25. The minimum absolute atomic E-state index is 0.104. The SMILES string of the molecule is CNC(CCN1CC(C)CC(C)C1)c1ccc(C)c(F)c1. The van der Waals surface area contributed by atoms with Gasteiger partial charge in [-0.3, -0.25) is 0 Å². The number of hydrogen-bond donors (Lipinski definition) is 1. The van der Waals surface area contributed by atoms with Crippen LogP contribution in [0.4, 0.5) is 4.39 Å². The smallest absolute Gasteiger partial charge is 0.126 e. The molecule has 1 heterocycles. The molecule has 21 heavy (non-hydrogen) atoms. The molecule has 1 aromatic rings. The van der Waals surface area contributed by atoms with Gasteiger partial charge in [-0.05, 0) is 62.4 Å². The van der Waals surface area contributed by atoms with Gasteiger partial charge in [0.25, 0.3) is 0 Å². The van der Waals surface area contributed by atoms with E-state index >= 15 is 0 Å². The Labute approximate surface area is 128 Å². The van der Waals surface area contributed by atoms with Gasteiger partial charge < -0.3 is 10.2 Å². The highest BCUT2D eigenvalue weighted by Crippen LogP contribution is 2.24. The van der Waals surface area contributed by atoms with Crippen molar-refractivity contribution in [1.82, 2.24) is 10.2 Å². The van der Waals surface area contributed by atoms with E-state index in [1.165, 1.54) is 19.5 Å². The predicted octanol–water partition coefficient (Wildman–Crippen LogP) is 3.76. The first-order valence-corrected chi connectivity index (χ1v) is 8.15. The Hall–Kier alpha value is -0.930. The Kier molecular flexibility index (Phi) is 5.77. The van der Waals surface area contributed by atoms with Crippen molar-refractivity contribution in [2.45, 2.75) is 39.7 Å². The zero-order valence-corrected chi connectivity index (χ0v) is 13.8. The van der Waals surface area contributed by atoms with Gasteiger partial charge in [0, 0.05) is 19.1 Å². The topological polar surface area (TPSA) is 15.3 Å². The number of aryl methyl sites for hydroxylation is 1. The third-order valence-corrected chi connectivity index (χ3v) is 4.63. The second kappa shape index (κ2) is 7.37. The summed E-state index contributed by atoms with van der Waals surface area (Å²) in [4.78, 5) is 2.56. The molecule has 0 saturated carbocycles. The maximum atomic E-state index is 13.7. The molecule has 1 aliphatic rings. The van der Waals surface area contributed by atoms with E-state index in [9.17, 15) is 4.39 Å². The summed E-state index contributed by atoms with van der Waals surface area (Å²) < 4.78 is 13.7. The molecule has 1 aliphatic heterocycles. The molecule has 0 aromatic heterocycles. The molecule has 3 heteroatoms. The third kappa shape index (κ3) is 4.52. The van der Waals surface area contributed by atoms with Crippen LogP contribution in [-0.2, 0) is 0 Å². The molecule has 1 aromatic carbocycles. The molecule has 0 bridgehead atoms. The van der Waals surface area contributed by atoms with Crippen LogP contribution in [0.1, 0.15) is 43.9 Å². The van der Waals surface area contributed by atoms with Crippen molar-refractivity contribution in [2.75, 3.05) is 26.7 Å². The first kappa shape index (κ1) is 16.4. The Morgan fingerprint density at radius 3 is 2.52 bits per heavy atom. The summed E-state index contributed by atoms with van der Waals surface area (Å²) in [6.07, 6.45) is 2.37. The maximum absolute atomic E-state index is 13.7. The second-order valence-electron chi connectivity index (χ2n) is 6.84. The van der Waals surface area contributed by atoms with Crippen molar-refractivity contribution >= 4 is 0 Å². The summed E-state index contributed by atoms with van der Waals surface area (Å²) in [6.45, 7) is 9.97. The lowest BCUT2D eigenvalue weighted by molar-refractivity contribution is 0.136. The average Bonchev–Trinajstić information content (AvgIpc) is 2.42. The molecule has 1 fully saturated rings. The van der Waals surface area contributed by atoms with Crippen molar-refractivity contribution in [3.63, 3.8) is 0 Å². The number of hydrogen-bond acceptors (Lipinski definition) is 2. The fourth-order valence-corrected chi connectivity index (χ4v) is 3.59. The molecule has 1 saturated heterocycles. The fourth-order valence-electron chi connectivity index (χ4n) is 3.59. The van der Waals surface area contributed by atoms with Crippen LogP contribution < -0.4 is 5.32 Å². The first-order chi connectivity index (χ1) is 9.99. The minimum atomic E-state index is -0.104. The van der Waals surface area contributed by atoms with Crippen LogP contribution in [0, 0.1) is 24.6 Å². The van der Waals surface area contributed by atoms with E-state index in [0.717, 1.165) is 30.4 Å². The summed E-state index contributed by atoms with van der Waals surface area (Å²) in [7, 11) is 1.96. The maximum Gasteiger partial charge on any atom is 0.126 e. The number of halogens is 1. The van der Waals surface area contributed by atoms with E-state index in [4.69, 9.17) is 0 Å². The number of likely N-dealkylation sites (tertiary alicyclic amines) is 1. The van der Waals surface area contributed by atoms with Crippen molar-refractivity contribution in [1.29, 1.82) is 0 Å². The number of nitrogens with zero attached hydrogens (tertiary/aromatic N) is 1. The highest BCUT2D eigenvalue weighted by Gasteiger charge is 2.22. The van der Waals surface area contributed by atoms with Crippen LogP contribution in [0.15, 0.2) is 18.2 Å². The molecular weight excluding hydrogens is 263 g/mol. The fraction of sp³-hybridized carbons (Fsp3) is 0.667. The van der Waals surface area contributed by atoms with Crippen molar-refractivity contribution < 1.29 is 4.39 Å². The summed E-state index contributed by atoms with van der Waals surface area (Å²) in [5, 5.41) is 3.33. The van der Waals surface area contributed by atoms with E-state index in [0.29, 0.717) is 5.56 Å². The Morgan fingerprint density at radius 1 is 1.29 bits per heavy atom. The van der Waals surface area contributed by atoms with Gasteiger partial charge in [0.2, 0.25) is 0 Å². The summed E-state index contributed by atoms with van der Waals surface area (Å²) in [5.74, 6) is 1.48. The van der Waals surface area contributed by atoms with Crippen molar-refractivity contribution in [3.05, 3.63) is 35.1 Å². The Bertz CT molecular complexity index is 451. The van der Waals surface area contributed by atoms with Crippen LogP contribution >= 0.6 is 0 Å². The minimum Gasteiger partial charge on any atom is -0.313 e. The molecule has 0 spiro atoms. The van der Waals surface area contributed by atoms with Crippen LogP contribution in [0.25, 0.3) is 0 Å². The van der Waals surface area contributed by atoms with Crippen LogP contribution in [-0.4, -0.2) is 31.6 Å². The van der Waals surface area contributed by atoms with Gasteiger partial charge >= 0.3 is 0 Å². The number of nitrogens with one attached hydrogen (secondary N) is 1. The lowest BCUT2D eigenvalue weighted by Crippen LogP contribution is -2.40. The van der Waals surface area contributed by atoms with Crippen molar-refractivity contribution in [2.24, 2.45) is 11.8 Å². The molecule has 1 N–H and O–H groups in total. The van der Waals surface area contributed by atoms with Gasteiger partial charge in [-0.15, -0.1) is 0 Å². The van der Waals surface area contributed by atoms with E-state index in [1.54, 1.807) is 6.07 Å². The normalized spacial score (nSPS) is 25.0. The average molecular weight is 292 g/mol. The van der Waals surface area contributed by atoms with Gasteiger partial charge in [0.1, 0.15) is 5.82 Å². The van der Waals surface area contributed by atoms with E-state index in [-0.39, 0.29) is 11.9 Å². The molecule has 0 radical (unpaired) electrons. The number of piperidine rings is 1. The van der Waals surface area contributed by atoms with Gasteiger partial charge in [0.15, 0.2) is 0 Å². The molecule has 2 nitrogen and oxygen atoms in total. The van der Waals surface area contributed by atoms with Crippen LogP contribution in [0.5, 0.6) is 0 Å². The molecule has 3 unspecified atom stereocenters. The van der Waals surface area contributed by atoms with Gasteiger partial charge in [0.05, 0.1) is 0 Å². The van der Waals surface area contributed by atoms with Crippen LogP contribution in [0.2, 0.25) is 0 Å². The summed E-state index contributed by atoms with van der Waals surface area (Å²) in [5.41, 5.74) is 1.77. The highest BCUT2D eigenvalue weighted by atomic mass is 19.1. The van der Waals surface area contributed by atoms with E-state index in [1.807, 2.05) is 26.1 Å². The largest absolute Gasteiger partial charge is 0.313 e. The molecular formula is C18H29FN2. The predicted molar refractivity (Wildman–Crippen MR) is 86.9 cm³/mol. The summed E-state index contributed by atoms with van der Waals surface area (Å²) >= 11 is 0. The monoisotopic (exact) mass is 292 g/mol. The molecule has 0 aliphatic carbocycles. The number of rotatable bonds is 5. The van der Waals surface area contributed by atoms with Gasteiger partial charge in [-0.2, -0.15) is 0 Å². The number of benzene rings is 1. The lowest BCUT2D eigenvalue weighted by atomic mass is 9.91. The first-order valence-electron chi connectivity index (χ1n) is 8.15. The third-order valence-electron chi connectivity index (χ3n) is 4.63. The zero-order valence-electron chi connectivity index (χ0n) is 13.8. The van der Waals surface area contributed by atoms with Crippen LogP contribution in [0.3, 0.4) is 0 Å². The lowest BCUT2D eigenvalue weighted by Gasteiger charge is -2.35.